The first-order chi connectivity index (χ1) is 12.1. The van der Waals surface area contributed by atoms with E-state index in [9.17, 15) is 4.79 Å². The molecule has 1 aliphatic heterocycles. The molecule has 134 valence electrons. The number of halogens is 1. The lowest BCUT2D eigenvalue weighted by molar-refractivity contribution is 0.0910. The van der Waals surface area contributed by atoms with Gasteiger partial charge in [0.05, 0.1) is 23.1 Å². The molecular weight excluding hydrogens is 336 g/mol. The predicted octanol–water partition coefficient (Wildman–Crippen LogP) is 3.44. The van der Waals surface area contributed by atoms with Crippen LogP contribution in [-0.4, -0.2) is 46.3 Å². The van der Waals surface area contributed by atoms with E-state index in [-0.39, 0.29) is 11.9 Å². The number of carbonyl (C=O) groups is 1. The minimum Gasteiger partial charge on any atom is -0.349 e. The maximum absolute atomic E-state index is 12.6. The summed E-state index contributed by atoms with van der Waals surface area (Å²) in [6, 6.07) is 7.71. The lowest BCUT2D eigenvalue weighted by atomic mass is 10.0. The molecule has 1 amide bonds. The van der Waals surface area contributed by atoms with Crippen molar-refractivity contribution < 1.29 is 4.79 Å². The number of hydrogen-bond donors (Lipinski definition) is 1. The van der Waals surface area contributed by atoms with Crippen molar-refractivity contribution in [2.45, 2.75) is 39.2 Å². The molecule has 0 bridgehead atoms. The molecule has 25 heavy (non-hydrogen) atoms. The normalized spacial score (nSPS) is 16.1. The molecule has 1 fully saturated rings. The van der Waals surface area contributed by atoms with Gasteiger partial charge >= 0.3 is 0 Å². The first kappa shape index (κ1) is 18.0. The largest absolute Gasteiger partial charge is 0.349 e. The quantitative estimate of drug-likeness (QED) is 0.888. The number of likely N-dealkylation sites (tertiary alicyclic amines) is 1. The molecule has 0 radical (unpaired) electrons. The van der Waals surface area contributed by atoms with Gasteiger partial charge in [-0.15, -0.1) is 0 Å². The van der Waals surface area contributed by atoms with E-state index in [1.54, 1.807) is 10.9 Å². The average molecular weight is 361 g/mol. The van der Waals surface area contributed by atoms with Crippen molar-refractivity contribution in [3.8, 4) is 5.69 Å². The Bertz CT molecular complexity index is 735. The smallest absolute Gasteiger partial charge is 0.254 e. The highest BCUT2D eigenvalue weighted by atomic mass is 35.5. The molecule has 0 atom stereocenters. The maximum atomic E-state index is 12.6. The molecule has 1 saturated heterocycles. The number of piperidine rings is 1. The van der Waals surface area contributed by atoms with Gasteiger partial charge < -0.3 is 10.2 Å². The van der Waals surface area contributed by atoms with Crippen LogP contribution >= 0.6 is 11.6 Å². The molecule has 0 unspecified atom stereocenters. The number of rotatable bonds is 5. The molecule has 2 aromatic rings. The Morgan fingerprint density at radius 2 is 2.12 bits per heavy atom. The summed E-state index contributed by atoms with van der Waals surface area (Å²) in [5.41, 5.74) is 2.30. The second-order valence-corrected chi connectivity index (χ2v) is 7.06. The van der Waals surface area contributed by atoms with Crippen LogP contribution in [0.3, 0.4) is 0 Å². The van der Waals surface area contributed by atoms with Crippen molar-refractivity contribution in [2.24, 2.45) is 0 Å². The van der Waals surface area contributed by atoms with Crippen LogP contribution in [0.25, 0.3) is 5.69 Å². The molecule has 1 aromatic carbocycles. The summed E-state index contributed by atoms with van der Waals surface area (Å²) in [6.07, 6.45) is 4.83. The van der Waals surface area contributed by atoms with Crippen LogP contribution in [0.15, 0.2) is 30.5 Å². The van der Waals surface area contributed by atoms with Crippen molar-refractivity contribution in [1.82, 2.24) is 20.0 Å². The number of carbonyl (C=O) groups excluding carboxylic acids is 1. The SMILES string of the molecule is CCCN1CCC(NC(=O)c2cnn(-c3cccc(Cl)c3)c2C)CC1. The summed E-state index contributed by atoms with van der Waals surface area (Å²) in [7, 11) is 0. The summed E-state index contributed by atoms with van der Waals surface area (Å²) in [6.45, 7) is 7.37. The van der Waals surface area contributed by atoms with Crippen molar-refractivity contribution in [1.29, 1.82) is 0 Å². The molecule has 1 aliphatic rings. The van der Waals surface area contributed by atoms with Crippen LogP contribution < -0.4 is 5.32 Å². The Balaban J connectivity index is 1.66. The Morgan fingerprint density at radius 1 is 1.36 bits per heavy atom. The van der Waals surface area contributed by atoms with Gasteiger partial charge in [0, 0.05) is 24.2 Å². The third-order valence-corrected chi connectivity index (χ3v) is 5.00. The van der Waals surface area contributed by atoms with Crippen LogP contribution in [0.4, 0.5) is 0 Å². The van der Waals surface area contributed by atoms with E-state index in [0.717, 1.165) is 43.9 Å². The maximum Gasteiger partial charge on any atom is 0.254 e. The lowest BCUT2D eigenvalue weighted by Gasteiger charge is -2.32. The van der Waals surface area contributed by atoms with Crippen LogP contribution in [0.5, 0.6) is 0 Å². The molecule has 1 N–H and O–H groups in total. The fourth-order valence-corrected chi connectivity index (χ4v) is 3.57. The van der Waals surface area contributed by atoms with E-state index >= 15 is 0 Å². The summed E-state index contributed by atoms with van der Waals surface area (Å²) >= 11 is 6.06. The molecule has 2 heterocycles. The minimum absolute atomic E-state index is 0.0419. The van der Waals surface area contributed by atoms with Gasteiger partial charge in [-0.3, -0.25) is 4.79 Å². The van der Waals surface area contributed by atoms with E-state index in [4.69, 9.17) is 11.6 Å². The minimum atomic E-state index is -0.0419. The third kappa shape index (κ3) is 4.22. The zero-order chi connectivity index (χ0) is 17.8. The van der Waals surface area contributed by atoms with Gasteiger partial charge in [0.25, 0.3) is 5.91 Å². The van der Waals surface area contributed by atoms with Crippen LogP contribution in [0.1, 0.15) is 42.2 Å². The van der Waals surface area contributed by atoms with Gasteiger partial charge in [0.1, 0.15) is 0 Å². The number of amides is 1. The van der Waals surface area contributed by atoms with E-state index in [2.05, 4.69) is 22.2 Å². The number of nitrogens with zero attached hydrogens (tertiary/aromatic N) is 3. The molecule has 0 spiro atoms. The topological polar surface area (TPSA) is 50.2 Å². The van der Waals surface area contributed by atoms with Crippen molar-refractivity contribution in [2.75, 3.05) is 19.6 Å². The summed E-state index contributed by atoms with van der Waals surface area (Å²) < 4.78 is 1.75. The van der Waals surface area contributed by atoms with E-state index in [0.29, 0.717) is 10.6 Å². The highest BCUT2D eigenvalue weighted by Crippen LogP contribution is 2.18. The van der Waals surface area contributed by atoms with Gasteiger partial charge in [-0.05, 0) is 50.9 Å². The fraction of sp³-hybridized carbons (Fsp3) is 0.474. The Morgan fingerprint density at radius 3 is 2.80 bits per heavy atom. The average Bonchev–Trinajstić information content (AvgIpc) is 2.98. The Kier molecular flexibility index (Phi) is 5.76. The zero-order valence-electron chi connectivity index (χ0n) is 14.8. The van der Waals surface area contributed by atoms with E-state index in [1.807, 2.05) is 31.2 Å². The van der Waals surface area contributed by atoms with Crippen molar-refractivity contribution in [3.63, 3.8) is 0 Å². The first-order valence-electron chi connectivity index (χ1n) is 8.92. The second-order valence-electron chi connectivity index (χ2n) is 6.62. The molecule has 6 heteroatoms. The molecule has 3 rings (SSSR count). The summed E-state index contributed by atoms with van der Waals surface area (Å²) in [5.74, 6) is -0.0419. The molecule has 5 nitrogen and oxygen atoms in total. The van der Waals surface area contributed by atoms with E-state index in [1.165, 1.54) is 6.42 Å². The molecule has 1 aromatic heterocycles. The van der Waals surface area contributed by atoms with Crippen molar-refractivity contribution in [3.05, 3.63) is 46.7 Å². The third-order valence-electron chi connectivity index (χ3n) is 4.77. The van der Waals surface area contributed by atoms with Gasteiger partial charge in [0.15, 0.2) is 0 Å². The monoisotopic (exact) mass is 360 g/mol. The number of aromatic nitrogens is 2. The van der Waals surface area contributed by atoms with Gasteiger partial charge in [0.2, 0.25) is 0 Å². The standard InChI is InChI=1S/C19H25ClN4O/c1-3-9-23-10-7-16(8-11-23)22-19(25)18-13-21-24(14(18)2)17-6-4-5-15(20)12-17/h4-6,12-13,16H,3,7-11H2,1-2H3,(H,22,25). The molecule has 0 saturated carbocycles. The zero-order valence-corrected chi connectivity index (χ0v) is 15.6. The molecule has 0 aliphatic carbocycles. The highest BCUT2D eigenvalue weighted by molar-refractivity contribution is 6.30. The number of nitrogens with one attached hydrogen (secondary N) is 1. The van der Waals surface area contributed by atoms with Gasteiger partial charge in [-0.25, -0.2) is 4.68 Å². The Labute approximate surface area is 154 Å². The van der Waals surface area contributed by atoms with Gasteiger partial charge in [-0.2, -0.15) is 5.10 Å². The lowest BCUT2D eigenvalue weighted by Crippen LogP contribution is -2.44. The molecular formula is C19H25ClN4O. The summed E-state index contributed by atoms with van der Waals surface area (Å²) in [4.78, 5) is 15.1. The van der Waals surface area contributed by atoms with Gasteiger partial charge in [-0.1, -0.05) is 24.6 Å². The van der Waals surface area contributed by atoms with Crippen LogP contribution in [-0.2, 0) is 0 Å². The van der Waals surface area contributed by atoms with Crippen LogP contribution in [0, 0.1) is 6.92 Å². The summed E-state index contributed by atoms with van der Waals surface area (Å²) in [5, 5.41) is 8.19. The van der Waals surface area contributed by atoms with E-state index < -0.39 is 0 Å². The fourth-order valence-electron chi connectivity index (χ4n) is 3.38. The number of benzene rings is 1. The highest BCUT2D eigenvalue weighted by Gasteiger charge is 2.22. The second kappa shape index (κ2) is 8.02. The predicted molar refractivity (Wildman–Crippen MR) is 101 cm³/mol. The van der Waals surface area contributed by atoms with Crippen molar-refractivity contribution >= 4 is 17.5 Å². The number of hydrogen-bond acceptors (Lipinski definition) is 3. The Hall–Kier alpha value is -1.85. The first-order valence-corrected chi connectivity index (χ1v) is 9.30. The van der Waals surface area contributed by atoms with Crippen LogP contribution in [0.2, 0.25) is 5.02 Å².